The molecule has 0 bridgehead atoms. The van der Waals surface area contributed by atoms with Crippen molar-refractivity contribution in [3.63, 3.8) is 0 Å². The number of nitrogen functional groups attached to an aromatic ring is 1. The number of hydrogen-bond donors (Lipinski definition) is 1. The minimum absolute atomic E-state index is 0.646. The van der Waals surface area contributed by atoms with E-state index in [4.69, 9.17) is 10.5 Å². The maximum Gasteiger partial charge on any atom is 0.119 e. The van der Waals surface area contributed by atoms with Gasteiger partial charge in [0.25, 0.3) is 0 Å². The Bertz CT molecular complexity index is 618. The Hall–Kier alpha value is -2.00. The second-order valence-electron chi connectivity index (χ2n) is 6.07. The Kier molecular flexibility index (Phi) is 4.64. The molecule has 2 N–H and O–H groups in total. The molecule has 116 valence electrons. The van der Waals surface area contributed by atoms with Gasteiger partial charge < -0.3 is 10.5 Å². The molecule has 3 nitrogen and oxygen atoms in total. The van der Waals surface area contributed by atoms with Gasteiger partial charge in [-0.3, -0.25) is 4.90 Å². The Morgan fingerprint density at radius 3 is 2.59 bits per heavy atom. The zero-order valence-electron chi connectivity index (χ0n) is 13.2. The maximum atomic E-state index is 5.86. The maximum absolute atomic E-state index is 5.86. The summed E-state index contributed by atoms with van der Waals surface area (Å²) in [5.41, 5.74) is 9.42. The third-order valence-corrected chi connectivity index (χ3v) is 4.51. The van der Waals surface area contributed by atoms with Gasteiger partial charge in [0, 0.05) is 12.2 Å². The normalized spacial score (nSPS) is 16.6. The Morgan fingerprint density at radius 1 is 1.09 bits per heavy atom. The molecule has 2 aromatic carbocycles. The molecule has 1 aliphatic heterocycles. The van der Waals surface area contributed by atoms with Crippen molar-refractivity contribution in [1.29, 1.82) is 0 Å². The van der Waals surface area contributed by atoms with Crippen LogP contribution in [0.2, 0.25) is 0 Å². The van der Waals surface area contributed by atoms with Gasteiger partial charge in [-0.15, -0.1) is 0 Å². The summed E-state index contributed by atoms with van der Waals surface area (Å²) >= 11 is 0. The minimum atomic E-state index is 0.646. The summed E-state index contributed by atoms with van der Waals surface area (Å²) in [6.07, 6.45) is 2.41. The van der Waals surface area contributed by atoms with Crippen LogP contribution in [0, 0.1) is 0 Å². The predicted molar refractivity (Wildman–Crippen MR) is 91.1 cm³/mol. The van der Waals surface area contributed by atoms with Crippen LogP contribution in [0.1, 0.15) is 29.9 Å². The third kappa shape index (κ3) is 3.60. The first kappa shape index (κ1) is 14.9. The molecule has 0 aliphatic carbocycles. The molecule has 22 heavy (non-hydrogen) atoms. The molecular formula is C19H24N2O. The number of hydrogen-bond acceptors (Lipinski definition) is 3. The van der Waals surface area contributed by atoms with Gasteiger partial charge in [-0.05, 0) is 67.2 Å². The van der Waals surface area contributed by atoms with Crippen LogP contribution in [0.25, 0.3) is 0 Å². The van der Waals surface area contributed by atoms with E-state index in [1.165, 1.54) is 24.0 Å². The summed E-state index contributed by atoms with van der Waals surface area (Å²) in [6, 6.07) is 16.7. The first-order chi connectivity index (χ1) is 10.7. The number of likely N-dealkylation sites (tertiary alicyclic amines) is 1. The van der Waals surface area contributed by atoms with E-state index in [0.717, 1.165) is 31.1 Å². The standard InChI is InChI=1S/C19H24N2O/c1-22-19-7-3-5-17(13-19)16-8-10-21(11-9-16)14-15-4-2-6-18(20)12-15/h2-7,12-13,16H,8-11,14,20H2,1H3. The van der Waals surface area contributed by atoms with Crippen LogP contribution in [0.5, 0.6) is 5.75 Å². The molecule has 0 unspecified atom stereocenters. The molecule has 2 aromatic rings. The summed E-state index contributed by atoms with van der Waals surface area (Å²) in [7, 11) is 1.73. The fourth-order valence-electron chi connectivity index (χ4n) is 3.27. The number of methoxy groups -OCH3 is 1. The van der Waals surface area contributed by atoms with Crippen molar-refractivity contribution >= 4 is 5.69 Å². The van der Waals surface area contributed by atoms with Gasteiger partial charge in [0.15, 0.2) is 0 Å². The SMILES string of the molecule is COc1cccc(C2CCN(Cc3cccc(N)c3)CC2)c1. The zero-order valence-corrected chi connectivity index (χ0v) is 13.2. The minimum Gasteiger partial charge on any atom is -0.497 e. The molecule has 1 fully saturated rings. The summed E-state index contributed by atoms with van der Waals surface area (Å²) in [5.74, 6) is 1.60. The average molecular weight is 296 g/mol. The topological polar surface area (TPSA) is 38.5 Å². The number of benzene rings is 2. The quantitative estimate of drug-likeness (QED) is 0.875. The fourth-order valence-corrected chi connectivity index (χ4v) is 3.27. The molecule has 0 saturated carbocycles. The van der Waals surface area contributed by atoms with E-state index >= 15 is 0 Å². The van der Waals surface area contributed by atoms with E-state index in [9.17, 15) is 0 Å². The Balaban J connectivity index is 1.58. The highest BCUT2D eigenvalue weighted by molar-refractivity contribution is 5.40. The lowest BCUT2D eigenvalue weighted by molar-refractivity contribution is 0.204. The molecule has 1 heterocycles. The fraction of sp³-hybridized carbons (Fsp3) is 0.368. The highest BCUT2D eigenvalue weighted by Crippen LogP contribution is 2.30. The number of nitrogens with zero attached hydrogens (tertiary/aromatic N) is 1. The largest absolute Gasteiger partial charge is 0.497 e. The van der Waals surface area contributed by atoms with E-state index in [-0.39, 0.29) is 0 Å². The van der Waals surface area contributed by atoms with Crippen LogP contribution in [-0.2, 0) is 6.54 Å². The van der Waals surface area contributed by atoms with Gasteiger partial charge in [0.1, 0.15) is 5.75 Å². The van der Waals surface area contributed by atoms with Crippen LogP contribution < -0.4 is 10.5 Å². The van der Waals surface area contributed by atoms with E-state index in [1.807, 2.05) is 18.2 Å². The van der Waals surface area contributed by atoms with Crippen LogP contribution in [0.3, 0.4) is 0 Å². The Morgan fingerprint density at radius 2 is 1.86 bits per heavy atom. The van der Waals surface area contributed by atoms with Gasteiger partial charge in [-0.2, -0.15) is 0 Å². The van der Waals surface area contributed by atoms with E-state index in [1.54, 1.807) is 7.11 Å². The van der Waals surface area contributed by atoms with Gasteiger partial charge in [0.05, 0.1) is 7.11 Å². The molecule has 1 saturated heterocycles. The van der Waals surface area contributed by atoms with Crippen LogP contribution in [0.15, 0.2) is 48.5 Å². The molecule has 0 spiro atoms. The van der Waals surface area contributed by atoms with Gasteiger partial charge in [-0.25, -0.2) is 0 Å². The van der Waals surface area contributed by atoms with Crippen molar-refractivity contribution in [2.75, 3.05) is 25.9 Å². The monoisotopic (exact) mass is 296 g/mol. The third-order valence-electron chi connectivity index (χ3n) is 4.51. The van der Waals surface area contributed by atoms with Crippen molar-refractivity contribution in [3.05, 3.63) is 59.7 Å². The second kappa shape index (κ2) is 6.84. The van der Waals surface area contributed by atoms with Crippen molar-refractivity contribution in [3.8, 4) is 5.75 Å². The van der Waals surface area contributed by atoms with Crippen molar-refractivity contribution in [1.82, 2.24) is 4.90 Å². The molecule has 0 amide bonds. The molecule has 3 heteroatoms. The van der Waals surface area contributed by atoms with Crippen LogP contribution >= 0.6 is 0 Å². The number of piperidine rings is 1. The van der Waals surface area contributed by atoms with E-state index in [2.05, 4.69) is 35.2 Å². The molecule has 0 aromatic heterocycles. The van der Waals surface area contributed by atoms with Crippen LogP contribution in [0.4, 0.5) is 5.69 Å². The van der Waals surface area contributed by atoms with Gasteiger partial charge in [0.2, 0.25) is 0 Å². The number of ether oxygens (including phenoxy) is 1. The average Bonchev–Trinajstić information content (AvgIpc) is 2.56. The van der Waals surface area contributed by atoms with Crippen molar-refractivity contribution < 1.29 is 4.74 Å². The first-order valence-corrected chi connectivity index (χ1v) is 7.95. The van der Waals surface area contributed by atoms with Crippen molar-refractivity contribution in [2.24, 2.45) is 0 Å². The lowest BCUT2D eigenvalue weighted by Gasteiger charge is -2.32. The summed E-state index contributed by atoms with van der Waals surface area (Å²) in [4.78, 5) is 2.52. The highest BCUT2D eigenvalue weighted by Gasteiger charge is 2.20. The van der Waals surface area contributed by atoms with E-state index in [0.29, 0.717) is 5.92 Å². The predicted octanol–water partition coefficient (Wildman–Crippen LogP) is 3.66. The summed E-state index contributed by atoms with van der Waals surface area (Å²) in [5, 5.41) is 0. The first-order valence-electron chi connectivity index (χ1n) is 7.95. The number of anilines is 1. The smallest absolute Gasteiger partial charge is 0.119 e. The molecule has 0 atom stereocenters. The molecule has 1 aliphatic rings. The van der Waals surface area contributed by atoms with Crippen molar-refractivity contribution in [2.45, 2.75) is 25.3 Å². The molecular weight excluding hydrogens is 272 g/mol. The number of rotatable bonds is 4. The summed E-state index contributed by atoms with van der Waals surface area (Å²) < 4.78 is 5.33. The molecule has 3 rings (SSSR count). The Labute approximate surface area is 132 Å². The van der Waals surface area contributed by atoms with E-state index < -0.39 is 0 Å². The molecule has 0 radical (unpaired) electrons. The van der Waals surface area contributed by atoms with Gasteiger partial charge in [-0.1, -0.05) is 24.3 Å². The zero-order chi connectivity index (χ0) is 15.4. The summed E-state index contributed by atoms with van der Waals surface area (Å²) in [6.45, 7) is 3.27. The second-order valence-corrected chi connectivity index (χ2v) is 6.07. The lowest BCUT2D eigenvalue weighted by atomic mass is 9.89. The highest BCUT2D eigenvalue weighted by atomic mass is 16.5. The number of nitrogens with two attached hydrogens (primary N) is 1. The lowest BCUT2D eigenvalue weighted by Crippen LogP contribution is -2.32. The van der Waals surface area contributed by atoms with Gasteiger partial charge >= 0.3 is 0 Å². The van der Waals surface area contributed by atoms with Crippen LogP contribution in [-0.4, -0.2) is 25.1 Å².